The van der Waals surface area contributed by atoms with Gasteiger partial charge in [0.2, 0.25) is 5.91 Å². The number of hydrogen-bond donors (Lipinski definition) is 5. The molecule has 0 radical (unpaired) electrons. The lowest BCUT2D eigenvalue weighted by Gasteiger charge is -2.20. The average Bonchev–Trinajstić information content (AvgIpc) is 3.05. The van der Waals surface area contributed by atoms with Crippen LogP contribution in [-0.2, 0) is 11.3 Å². The van der Waals surface area contributed by atoms with Crippen LogP contribution in [0.3, 0.4) is 0 Å². The molecule has 6 nitrogen and oxygen atoms in total. The Morgan fingerprint density at radius 2 is 1.88 bits per heavy atom. The van der Waals surface area contributed by atoms with E-state index in [0.717, 1.165) is 23.4 Å². The highest BCUT2D eigenvalue weighted by atomic mass is 19.1. The van der Waals surface area contributed by atoms with Gasteiger partial charge in [-0.1, -0.05) is 12.1 Å². The van der Waals surface area contributed by atoms with E-state index in [9.17, 15) is 13.6 Å². The van der Waals surface area contributed by atoms with E-state index < -0.39 is 23.8 Å². The molecule has 26 heavy (non-hydrogen) atoms. The topological polar surface area (TPSA) is 77.2 Å². The summed E-state index contributed by atoms with van der Waals surface area (Å²) in [5.74, 6) is -1.67. The van der Waals surface area contributed by atoms with E-state index in [1.807, 2.05) is 32.0 Å². The predicted molar refractivity (Wildman–Crippen MR) is 94.7 cm³/mol. The molecule has 0 spiro atoms. The molecule has 1 fully saturated rings. The molecule has 2 unspecified atom stereocenters. The molecule has 2 aromatic rings. The first-order valence-corrected chi connectivity index (χ1v) is 8.25. The fraction of sp³-hybridized carbons (Fsp3) is 0.278. The molecule has 1 heterocycles. The zero-order valence-corrected chi connectivity index (χ0v) is 14.5. The van der Waals surface area contributed by atoms with E-state index in [2.05, 4.69) is 27.0 Å². The van der Waals surface area contributed by atoms with Gasteiger partial charge in [-0.15, -0.1) is 0 Å². The van der Waals surface area contributed by atoms with Gasteiger partial charge in [0.15, 0.2) is 0 Å². The van der Waals surface area contributed by atoms with Crippen LogP contribution < -0.4 is 27.0 Å². The Morgan fingerprint density at radius 1 is 1.08 bits per heavy atom. The number of nitrogens with one attached hydrogen (secondary N) is 5. The SMILES string of the molecule is Cc1ccc(NC2NNNC2C(=O)NCc2ccc(F)cc2F)cc1C. The predicted octanol–water partition coefficient (Wildman–Crippen LogP) is 1.62. The highest BCUT2D eigenvalue weighted by Gasteiger charge is 2.32. The molecule has 3 rings (SSSR count). The van der Waals surface area contributed by atoms with E-state index in [4.69, 9.17) is 0 Å². The van der Waals surface area contributed by atoms with Crippen molar-refractivity contribution in [2.24, 2.45) is 0 Å². The molecule has 1 saturated heterocycles. The first-order chi connectivity index (χ1) is 12.4. The first-order valence-electron chi connectivity index (χ1n) is 8.25. The van der Waals surface area contributed by atoms with Gasteiger partial charge in [-0.2, -0.15) is 5.53 Å². The lowest BCUT2D eigenvalue weighted by molar-refractivity contribution is -0.123. The van der Waals surface area contributed by atoms with Gasteiger partial charge in [0, 0.05) is 23.9 Å². The molecule has 0 aromatic heterocycles. The second-order valence-corrected chi connectivity index (χ2v) is 6.27. The number of carbonyl (C=O) groups excluding carboxylic acids is 1. The van der Waals surface area contributed by atoms with Crippen LogP contribution in [0.5, 0.6) is 0 Å². The van der Waals surface area contributed by atoms with Crippen molar-refractivity contribution in [2.45, 2.75) is 32.6 Å². The zero-order chi connectivity index (χ0) is 18.7. The third-order valence-electron chi connectivity index (χ3n) is 4.37. The van der Waals surface area contributed by atoms with Crippen molar-refractivity contribution in [1.29, 1.82) is 0 Å². The minimum Gasteiger partial charge on any atom is -0.367 e. The monoisotopic (exact) mass is 361 g/mol. The van der Waals surface area contributed by atoms with Crippen LogP contribution >= 0.6 is 0 Å². The Balaban J connectivity index is 1.61. The van der Waals surface area contributed by atoms with E-state index in [0.29, 0.717) is 0 Å². The summed E-state index contributed by atoms with van der Waals surface area (Å²) in [6.45, 7) is 4.01. The fourth-order valence-corrected chi connectivity index (χ4v) is 2.67. The Labute approximate surface area is 150 Å². The molecule has 5 N–H and O–H groups in total. The number of hydrazine groups is 2. The van der Waals surface area contributed by atoms with E-state index >= 15 is 0 Å². The number of carbonyl (C=O) groups is 1. The van der Waals surface area contributed by atoms with Crippen LogP contribution in [0.25, 0.3) is 0 Å². The molecule has 1 aliphatic heterocycles. The normalized spacial score (nSPS) is 19.4. The number of benzene rings is 2. The largest absolute Gasteiger partial charge is 0.367 e. The maximum absolute atomic E-state index is 13.7. The summed E-state index contributed by atoms with van der Waals surface area (Å²) in [4.78, 5) is 12.4. The summed E-state index contributed by atoms with van der Waals surface area (Å²) >= 11 is 0. The van der Waals surface area contributed by atoms with Crippen molar-refractivity contribution in [3.8, 4) is 0 Å². The molecule has 0 saturated carbocycles. The summed E-state index contributed by atoms with van der Waals surface area (Å²) < 4.78 is 26.6. The Hall–Kier alpha value is -2.55. The van der Waals surface area contributed by atoms with Crippen LogP contribution in [0.15, 0.2) is 36.4 Å². The summed E-state index contributed by atoms with van der Waals surface area (Å²) in [6, 6.07) is 8.58. The average molecular weight is 361 g/mol. The number of aryl methyl sites for hydroxylation is 2. The molecule has 2 aromatic carbocycles. The van der Waals surface area contributed by atoms with Gasteiger partial charge in [-0.25, -0.2) is 19.6 Å². The van der Waals surface area contributed by atoms with Gasteiger partial charge < -0.3 is 10.6 Å². The van der Waals surface area contributed by atoms with Crippen molar-refractivity contribution in [3.63, 3.8) is 0 Å². The smallest absolute Gasteiger partial charge is 0.242 e. The van der Waals surface area contributed by atoms with Crippen LogP contribution in [0.2, 0.25) is 0 Å². The van der Waals surface area contributed by atoms with Gasteiger partial charge in [-0.3, -0.25) is 4.79 Å². The number of amides is 1. The minimum atomic E-state index is -0.689. The van der Waals surface area contributed by atoms with Gasteiger partial charge in [0.05, 0.1) is 0 Å². The number of hydrogen-bond acceptors (Lipinski definition) is 5. The van der Waals surface area contributed by atoms with Crippen LogP contribution in [0.1, 0.15) is 16.7 Å². The van der Waals surface area contributed by atoms with Crippen molar-refractivity contribution in [1.82, 2.24) is 21.7 Å². The standard InChI is InChI=1S/C18H21F2N5O/c1-10-3-6-14(7-11(10)2)22-17-16(23-25-24-17)18(26)21-9-12-4-5-13(19)8-15(12)20/h3-8,16-17,22-25H,9H2,1-2H3,(H,21,26). The highest BCUT2D eigenvalue weighted by Crippen LogP contribution is 2.16. The summed E-state index contributed by atoms with van der Waals surface area (Å²) in [7, 11) is 0. The number of anilines is 1. The molecular formula is C18H21F2N5O. The number of halogens is 2. The summed E-state index contributed by atoms with van der Waals surface area (Å²) in [5, 5.41) is 5.89. The number of rotatable bonds is 5. The second kappa shape index (κ2) is 7.77. The van der Waals surface area contributed by atoms with Crippen LogP contribution in [0.4, 0.5) is 14.5 Å². The fourth-order valence-electron chi connectivity index (χ4n) is 2.67. The zero-order valence-electron chi connectivity index (χ0n) is 14.5. The molecule has 138 valence electrons. The summed E-state index contributed by atoms with van der Waals surface area (Å²) in [5.41, 5.74) is 11.9. The third-order valence-corrected chi connectivity index (χ3v) is 4.37. The maximum atomic E-state index is 13.7. The molecular weight excluding hydrogens is 340 g/mol. The molecule has 2 atom stereocenters. The molecule has 0 aliphatic carbocycles. The lowest BCUT2D eigenvalue weighted by Crippen LogP contribution is -2.50. The Bertz CT molecular complexity index is 814. The quantitative estimate of drug-likeness (QED) is 0.560. The van der Waals surface area contributed by atoms with Crippen molar-refractivity contribution < 1.29 is 13.6 Å². The van der Waals surface area contributed by atoms with Crippen LogP contribution in [-0.4, -0.2) is 18.1 Å². The van der Waals surface area contributed by atoms with Crippen molar-refractivity contribution in [2.75, 3.05) is 5.32 Å². The molecule has 1 aliphatic rings. The lowest BCUT2D eigenvalue weighted by atomic mass is 10.1. The maximum Gasteiger partial charge on any atom is 0.242 e. The minimum absolute atomic E-state index is 0.0283. The van der Waals surface area contributed by atoms with Crippen molar-refractivity contribution >= 4 is 11.6 Å². The Morgan fingerprint density at radius 3 is 2.62 bits per heavy atom. The second-order valence-electron chi connectivity index (χ2n) is 6.27. The van der Waals surface area contributed by atoms with Gasteiger partial charge in [0.1, 0.15) is 23.8 Å². The van der Waals surface area contributed by atoms with E-state index in [-0.39, 0.29) is 18.0 Å². The summed E-state index contributed by atoms with van der Waals surface area (Å²) in [6.07, 6.45) is -0.407. The van der Waals surface area contributed by atoms with E-state index in [1.165, 1.54) is 11.6 Å². The molecule has 1 amide bonds. The van der Waals surface area contributed by atoms with Crippen molar-refractivity contribution in [3.05, 3.63) is 64.7 Å². The first kappa shape index (κ1) is 18.2. The van der Waals surface area contributed by atoms with Crippen LogP contribution in [0, 0.1) is 25.5 Å². The van der Waals surface area contributed by atoms with E-state index in [1.54, 1.807) is 0 Å². The third kappa shape index (κ3) is 4.16. The van der Waals surface area contributed by atoms with Gasteiger partial charge in [-0.05, 0) is 43.2 Å². The van der Waals surface area contributed by atoms with Gasteiger partial charge in [0.25, 0.3) is 0 Å². The van der Waals surface area contributed by atoms with Gasteiger partial charge >= 0.3 is 0 Å². The molecule has 8 heteroatoms. The highest BCUT2D eigenvalue weighted by molar-refractivity contribution is 5.83. The Kier molecular flexibility index (Phi) is 5.46. The molecule has 0 bridgehead atoms.